The smallest absolute Gasteiger partial charge is 0.310 e. The fraction of sp³-hybridized carbons (Fsp3) is 0.861. The second kappa shape index (κ2) is 24.7. The van der Waals surface area contributed by atoms with Crippen molar-refractivity contribution >= 4 is 29.5 Å². The monoisotopic (exact) mass is 640 g/mol. The highest BCUT2D eigenvalue weighted by molar-refractivity contribution is 7.99. The van der Waals surface area contributed by atoms with E-state index in [9.17, 15) is 19.5 Å². The van der Waals surface area contributed by atoms with Crippen LogP contribution in [-0.2, 0) is 14.4 Å². The summed E-state index contributed by atoms with van der Waals surface area (Å²) in [4.78, 5) is 36.6. The Kier molecular flexibility index (Phi) is 23.8. The number of aliphatic carboxylic acids is 1. The van der Waals surface area contributed by atoms with Crippen molar-refractivity contribution in [2.45, 2.75) is 139 Å². The quantitative estimate of drug-likeness (QED) is 0.0536. The fourth-order valence-corrected chi connectivity index (χ4v) is 7.12. The Hall–Kier alpha value is -1.54. The van der Waals surface area contributed by atoms with E-state index in [1.54, 1.807) is 6.08 Å². The minimum absolute atomic E-state index is 0.00756. The molecule has 2 unspecified atom stereocenters. The van der Waals surface area contributed by atoms with E-state index < -0.39 is 11.9 Å². The van der Waals surface area contributed by atoms with E-state index in [0.29, 0.717) is 26.2 Å². The minimum Gasteiger partial charge on any atom is -0.481 e. The topological polar surface area (TPSA) is 108 Å². The molecule has 0 aliphatic heterocycles. The second-order valence-corrected chi connectivity index (χ2v) is 15.9. The van der Waals surface area contributed by atoms with Crippen molar-refractivity contribution in [1.29, 1.82) is 0 Å². The Morgan fingerprint density at radius 3 is 1.91 bits per heavy atom. The summed E-state index contributed by atoms with van der Waals surface area (Å²) in [6.45, 7) is 19.4. The Bertz CT molecular complexity index is 823. The van der Waals surface area contributed by atoms with Crippen LogP contribution >= 0.6 is 11.8 Å². The molecule has 4 N–H and O–H groups in total. The average Bonchev–Trinajstić information content (AvgIpc) is 2.90. The van der Waals surface area contributed by atoms with Crippen LogP contribution in [0.2, 0.25) is 0 Å². The van der Waals surface area contributed by atoms with E-state index in [-0.39, 0.29) is 35.0 Å². The first kappa shape index (κ1) is 42.5. The molecule has 0 aliphatic carbocycles. The minimum atomic E-state index is -0.978. The van der Waals surface area contributed by atoms with Crippen LogP contribution in [0.4, 0.5) is 0 Å². The van der Waals surface area contributed by atoms with Gasteiger partial charge >= 0.3 is 5.97 Å². The van der Waals surface area contributed by atoms with Crippen molar-refractivity contribution in [2.24, 2.45) is 22.7 Å². The van der Waals surface area contributed by atoms with Gasteiger partial charge in [0.2, 0.25) is 11.8 Å². The maximum absolute atomic E-state index is 12.4. The van der Waals surface area contributed by atoms with Gasteiger partial charge < -0.3 is 21.1 Å². The second-order valence-electron chi connectivity index (χ2n) is 14.8. The van der Waals surface area contributed by atoms with Crippen LogP contribution < -0.4 is 16.0 Å². The maximum Gasteiger partial charge on any atom is 0.310 e. The van der Waals surface area contributed by atoms with Crippen molar-refractivity contribution in [2.75, 3.05) is 37.7 Å². The molecule has 258 valence electrons. The molecule has 2 amide bonds. The van der Waals surface area contributed by atoms with Gasteiger partial charge in [-0.2, -0.15) is 11.8 Å². The summed E-state index contributed by atoms with van der Waals surface area (Å²) in [6, 6.07) is 0. The first-order valence-electron chi connectivity index (χ1n) is 17.4. The van der Waals surface area contributed by atoms with Gasteiger partial charge in [0.05, 0.1) is 5.92 Å². The number of nitrogens with one attached hydrogen (secondary N) is 3. The molecular weight excluding hydrogens is 570 g/mol. The van der Waals surface area contributed by atoms with Crippen molar-refractivity contribution < 1.29 is 19.5 Å². The molecule has 0 saturated heterocycles. The third-order valence-corrected chi connectivity index (χ3v) is 8.97. The zero-order valence-corrected chi connectivity index (χ0v) is 30.6. The average molecular weight is 640 g/mol. The molecular formula is C36H69N3O4S. The Balaban J connectivity index is 3.99. The Labute approximate surface area is 275 Å². The molecule has 0 aliphatic rings. The summed E-state index contributed by atoms with van der Waals surface area (Å²) in [5.41, 5.74) is 1.25. The predicted octanol–water partition coefficient (Wildman–Crippen LogP) is 7.99. The normalized spacial score (nSPS) is 13.9. The van der Waals surface area contributed by atoms with Gasteiger partial charge in [0.1, 0.15) is 0 Å². The van der Waals surface area contributed by atoms with Gasteiger partial charge in [-0.1, -0.05) is 118 Å². The van der Waals surface area contributed by atoms with Crippen molar-refractivity contribution in [3.8, 4) is 0 Å². The number of carbonyl (C=O) groups is 3. The number of amides is 2. The molecule has 2 atom stereocenters. The molecule has 0 aromatic rings. The first-order chi connectivity index (χ1) is 20.7. The van der Waals surface area contributed by atoms with Gasteiger partial charge in [-0.15, -0.1) is 0 Å². The molecule has 7 nitrogen and oxygen atoms in total. The molecule has 0 radical (unpaired) electrons. The molecule has 0 rings (SSSR count). The van der Waals surface area contributed by atoms with E-state index in [2.05, 4.69) is 57.5 Å². The predicted molar refractivity (Wildman–Crippen MR) is 189 cm³/mol. The number of unbranched alkanes of at least 4 members (excludes halogenated alkanes) is 9. The van der Waals surface area contributed by atoms with E-state index in [0.717, 1.165) is 29.9 Å². The summed E-state index contributed by atoms with van der Waals surface area (Å²) < 4.78 is 0. The number of hydrogen-bond donors (Lipinski definition) is 4. The van der Waals surface area contributed by atoms with Gasteiger partial charge in [0.25, 0.3) is 0 Å². The molecule has 8 heteroatoms. The van der Waals surface area contributed by atoms with Crippen LogP contribution in [0.25, 0.3) is 0 Å². The lowest BCUT2D eigenvalue weighted by atomic mass is 9.73. The summed E-state index contributed by atoms with van der Waals surface area (Å²) in [5, 5.41) is 18.7. The number of carboxylic acid groups (broad SMARTS) is 1. The number of allylic oxidation sites excluding steroid dienone is 1. The molecule has 0 saturated carbocycles. The summed E-state index contributed by atoms with van der Waals surface area (Å²) >= 11 is 1.88. The van der Waals surface area contributed by atoms with Gasteiger partial charge in [-0.25, -0.2) is 0 Å². The zero-order chi connectivity index (χ0) is 33.4. The van der Waals surface area contributed by atoms with Crippen LogP contribution in [0, 0.1) is 22.7 Å². The van der Waals surface area contributed by atoms with Crippen LogP contribution in [-0.4, -0.2) is 60.6 Å². The van der Waals surface area contributed by atoms with Gasteiger partial charge in [-0.3, -0.25) is 14.4 Å². The lowest BCUT2D eigenvalue weighted by Gasteiger charge is -2.33. The van der Waals surface area contributed by atoms with Crippen molar-refractivity contribution in [3.05, 3.63) is 11.6 Å². The summed E-state index contributed by atoms with van der Waals surface area (Å²) in [5.74, 6) is -0.0297. The summed E-state index contributed by atoms with van der Waals surface area (Å²) in [7, 11) is 0. The van der Waals surface area contributed by atoms with E-state index in [1.807, 2.05) is 25.6 Å². The standard InChI is InChI=1S/C36H69N3O4S/c1-9-10-11-12-13-14-15-16-17-18-23-44-27-30(3)33(41)39-22-20-37-19-21-38-32(40)25-31(34(42)43)24-29(2)26-36(7,8)28-35(4,5)6/h24,30-31,37H,9-23,25-28H2,1-8H3,(H,38,40)(H,39,41)(H,42,43). The van der Waals surface area contributed by atoms with Crippen LogP contribution in [0.15, 0.2) is 11.6 Å². The van der Waals surface area contributed by atoms with Crippen LogP contribution in [0.3, 0.4) is 0 Å². The number of thioether (sulfide) groups is 1. The highest BCUT2D eigenvalue weighted by atomic mass is 32.2. The SMILES string of the molecule is CCCCCCCCCCCCSCC(C)C(=O)NCCNCCNC(=O)CC(C=C(C)CC(C)(C)CC(C)(C)C)C(=O)O. The number of hydrogen-bond acceptors (Lipinski definition) is 5. The molecule has 0 heterocycles. The van der Waals surface area contributed by atoms with E-state index >= 15 is 0 Å². The molecule has 0 spiro atoms. The number of carboxylic acids is 1. The van der Waals surface area contributed by atoms with Gasteiger partial charge in [-0.05, 0) is 42.8 Å². The third kappa shape index (κ3) is 25.8. The van der Waals surface area contributed by atoms with Gasteiger partial charge in [0.15, 0.2) is 0 Å². The third-order valence-electron chi connectivity index (χ3n) is 7.66. The fourth-order valence-electron chi connectivity index (χ4n) is 6.04. The lowest BCUT2D eigenvalue weighted by molar-refractivity contribution is -0.142. The van der Waals surface area contributed by atoms with Crippen LogP contribution in [0.1, 0.15) is 139 Å². The van der Waals surface area contributed by atoms with Gasteiger partial charge in [0, 0.05) is 44.3 Å². The van der Waals surface area contributed by atoms with E-state index in [4.69, 9.17) is 0 Å². The maximum atomic E-state index is 12.4. The Morgan fingerprint density at radius 2 is 1.36 bits per heavy atom. The summed E-state index contributed by atoms with van der Waals surface area (Å²) in [6.07, 6.45) is 16.9. The highest BCUT2D eigenvalue weighted by Crippen LogP contribution is 2.38. The molecule has 44 heavy (non-hydrogen) atoms. The molecule has 0 fully saturated rings. The lowest BCUT2D eigenvalue weighted by Crippen LogP contribution is -2.38. The molecule has 0 aromatic heterocycles. The largest absolute Gasteiger partial charge is 0.481 e. The highest BCUT2D eigenvalue weighted by Gasteiger charge is 2.27. The zero-order valence-electron chi connectivity index (χ0n) is 29.7. The first-order valence-corrected chi connectivity index (χ1v) is 18.6. The van der Waals surface area contributed by atoms with E-state index in [1.165, 1.54) is 64.2 Å². The number of rotatable bonds is 27. The van der Waals surface area contributed by atoms with Crippen molar-refractivity contribution in [1.82, 2.24) is 16.0 Å². The van der Waals surface area contributed by atoms with Crippen LogP contribution in [0.5, 0.6) is 0 Å². The van der Waals surface area contributed by atoms with Crippen molar-refractivity contribution in [3.63, 3.8) is 0 Å². The molecule has 0 aromatic carbocycles. The molecule has 0 bridgehead atoms. The Morgan fingerprint density at radius 1 is 0.818 bits per heavy atom. The number of carbonyl (C=O) groups excluding carboxylic acids is 2.